The molecule has 0 saturated carbocycles. The molecule has 0 bridgehead atoms. The monoisotopic (exact) mass is 532 g/mol. The van der Waals surface area contributed by atoms with Crippen LogP contribution in [0.15, 0.2) is 60.0 Å². The van der Waals surface area contributed by atoms with E-state index in [0.29, 0.717) is 6.61 Å². The number of rotatable bonds is 8. The molecule has 1 saturated heterocycles. The average Bonchev–Trinajstić information content (AvgIpc) is 3.58. The lowest BCUT2D eigenvalue weighted by Gasteiger charge is -2.16. The van der Waals surface area contributed by atoms with Gasteiger partial charge in [-0.15, -0.1) is 17.3 Å². The molecular formula is C29H29ClN4O2S. The van der Waals surface area contributed by atoms with Gasteiger partial charge in [-0.3, -0.25) is 0 Å². The van der Waals surface area contributed by atoms with Crippen molar-refractivity contribution in [2.75, 3.05) is 7.11 Å². The predicted molar refractivity (Wildman–Crippen MR) is 151 cm³/mol. The smallest absolute Gasteiger partial charge is 0.119 e. The van der Waals surface area contributed by atoms with Crippen LogP contribution >= 0.6 is 22.9 Å². The van der Waals surface area contributed by atoms with Crippen LogP contribution in [0.3, 0.4) is 0 Å². The lowest BCUT2D eigenvalue weighted by Crippen LogP contribution is -2.35. The molecule has 2 heterocycles. The molecule has 190 valence electrons. The average molecular weight is 533 g/mol. The molecule has 4 aromatic rings. The summed E-state index contributed by atoms with van der Waals surface area (Å²) in [5.74, 6) is 8.12. The van der Waals surface area contributed by atoms with E-state index in [1.807, 2.05) is 31.2 Å². The van der Waals surface area contributed by atoms with Crippen molar-refractivity contribution in [3.63, 3.8) is 0 Å². The molecule has 0 spiro atoms. The van der Waals surface area contributed by atoms with Gasteiger partial charge in [0.2, 0.25) is 0 Å². The molecule has 37 heavy (non-hydrogen) atoms. The van der Waals surface area contributed by atoms with Gasteiger partial charge in [-0.1, -0.05) is 35.7 Å². The van der Waals surface area contributed by atoms with Crippen molar-refractivity contribution in [2.45, 2.75) is 39.0 Å². The van der Waals surface area contributed by atoms with Crippen LogP contribution in [0.2, 0.25) is 5.02 Å². The molecule has 1 atom stereocenters. The Bertz CT molecular complexity index is 1450. The molecule has 1 fully saturated rings. The third kappa shape index (κ3) is 5.76. The van der Waals surface area contributed by atoms with Gasteiger partial charge in [0.25, 0.3) is 0 Å². The second-order valence-electron chi connectivity index (χ2n) is 8.92. The van der Waals surface area contributed by atoms with Crippen LogP contribution in [0, 0.1) is 18.8 Å². The van der Waals surface area contributed by atoms with Crippen LogP contribution < -0.4 is 31.4 Å². The van der Waals surface area contributed by atoms with Gasteiger partial charge in [0.05, 0.1) is 23.0 Å². The Labute approximate surface area is 226 Å². The second kappa shape index (κ2) is 11.5. The third-order valence-corrected chi connectivity index (χ3v) is 7.88. The van der Waals surface area contributed by atoms with E-state index in [-0.39, 0.29) is 12.1 Å². The zero-order chi connectivity index (χ0) is 25.8. The highest BCUT2D eigenvalue weighted by Gasteiger charge is 2.19. The third-order valence-electron chi connectivity index (χ3n) is 6.45. The van der Waals surface area contributed by atoms with Gasteiger partial charge in [0.1, 0.15) is 18.1 Å². The molecule has 1 aliphatic heterocycles. The molecule has 3 aromatic carbocycles. The van der Waals surface area contributed by atoms with E-state index in [0.717, 1.165) is 49.7 Å². The van der Waals surface area contributed by atoms with Crippen molar-refractivity contribution in [3.05, 3.63) is 81.7 Å². The molecule has 4 N–H and O–H groups in total. The molecular weight excluding hydrogens is 504 g/mol. The molecule has 0 amide bonds. The van der Waals surface area contributed by atoms with Gasteiger partial charge in [0.15, 0.2) is 0 Å². The van der Waals surface area contributed by atoms with Crippen molar-refractivity contribution < 1.29 is 9.47 Å². The summed E-state index contributed by atoms with van der Waals surface area (Å²) >= 11 is 8.35. The summed E-state index contributed by atoms with van der Waals surface area (Å²) in [6.45, 7) is 4.40. The highest BCUT2D eigenvalue weighted by Crippen LogP contribution is 2.40. The first-order valence-electron chi connectivity index (χ1n) is 12.1. The molecule has 6 nitrogen and oxygen atoms in total. The Kier molecular flexibility index (Phi) is 7.96. The van der Waals surface area contributed by atoms with Crippen LogP contribution in [-0.2, 0) is 6.61 Å². The maximum absolute atomic E-state index is 6.69. The lowest BCUT2D eigenvalue weighted by atomic mass is 9.95. The first kappa shape index (κ1) is 25.6. The van der Waals surface area contributed by atoms with Crippen LogP contribution in [0.25, 0.3) is 21.2 Å². The number of nitrogens with one attached hydrogen (secondary N) is 4. The standard InChI is InChI=1S/C29H29ClN4O2S/c1-4-5-21(15-28-31-33-34-32-28)20-6-8-22(9-7-20)36-16-19-13-25-26(17-37-29(25)27(30)14-19)24-11-10-23(35-3)12-18(24)2/h6-14,17,21,28,31-34H,15-16H2,1-3H3/t21-/m0/s1. The topological polar surface area (TPSA) is 66.6 Å². The fourth-order valence-electron chi connectivity index (χ4n) is 4.56. The predicted octanol–water partition coefficient (Wildman–Crippen LogP) is 6.06. The van der Waals surface area contributed by atoms with Crippen molar-refractivity contribution in [3.8, 4) is 34.5 Å². The van der Waals surface area contributed by atoms with Crippen LogP contribution in [0.5, 0.6) is 11.5 Å². The summed E-state index contributed by atoms with van der Waals surface area (Å²) in [5, 5.41) is 4.05. The van der Waals surface area contributed by atoms with E-state index >= 15 is 0 Å². The number of methoxy groups -OCH3 is 1. The summed E-state index contributed by atoms with van der Waals surface area (Å²) in [6.07, 6.45) is 0.904. The molecule has 0 aliphatic carbocycles. The largest absolute Gasteiger partial charge is 0.497 e. The number of aryl methyl sites for hydroxylation is 1. The molecule has 1 aliphatic rings. The van der Waals surface area contributed by atoms with Gasteiger partial charge in [-0.2, -0.15) is 11.1 Å². The number of thiophene rings is 1. The number of benzene rings is 3. The minimum absolute atomic E-state index is 0.0881. The SMILES string of the molecule is CC#C[C@@H](CC1NNNN1)c1ccc(OCc2cc(Cl)c3scc(-c4ccc(OC)cc4C)c3c2)cc1. The summed E-state index contributed by atoms with van der Waals surface area (Å²) in [5.41, 5.74) is 17.6. The van der Waals surface area contributed by atoms with Crippen LogP contribution in [0.4, 0.5) is 0 Å². The molecule has 5 rings (SSSR count). The van der Waals surface area contributed by atoms with Crippen LogP contribution in [0.1, 0.15) is 36.0 Å². The minimum atomic E-state index is 0.0881. The van der Waals surface area contributed by atoms with Gasteiger partial charge in [-0.25, -0.2) is 10.9 Å². The van der Waals surface area contributed by atoms with Gasteiger partial charge < -0.3 is 9.47 Å². The zero-order valence-corrected chi connectivity index (χ0v) is 22.5. The van der Waals surface area contributed by atoms with E-state index < -0.39 is 0 Å². The maximum atomic E-state index is 6.69. The summed E-state index contributed by atoms with van der Waals surface area (Å²) in [4.78, 5) is 0. The Balaban J connectivity index is 1.32. The summed E-state index contributed by atoms with van der Waals surface area (Å²) < 4.78 is 12.6. The summed E-state index contributed by atoms with van der Waals surface area (Å²) in [6, 6.07) is 18.5. The quantitative estimate of drug-likeness (QED) is 0.207. The number of ether oxygens (including phenoxy) is 2. The summed E-state index contributed by atoms with van der Waals surface area (Å²) in [7, 11) is 1.69. The van der Waals surface area contributed by atoms with Gasteiger partial charge in [0, 0.05) is 16.9 Å². The number of hydrogen-bond donors (Lipinski definition) is 4. The van der Waals surface area contributed by atoms with E-state index in [1.165, 1.54) is 11.1 Å². The van der Waals surface area contributed by atoms with E-state index in [1.54, 1.807) is 18.4 Å². The minimum Gasteiger partial charge on any atom is -0.497 e. The number of halogens is 1. The fourth-order valence-corrected chi connectivity index (χ4v) is 5.89. The Morgan fingerprint density at radius 2 is 1.76 bits per heavy atom. The molecule has 0 radical (unpaired) electrons. The highest BCUT2D eigenvalue weighted by molar-refractivity contribution is 7.18. The normalized spacial score (nSPS) is 14.4. The number of fused-ring (bicyclic) bond motifs is 1. The Hall–Kier alpha value is -3.09. The number of hydrazine groups is 3. The lowest BCUT2D eigenvalue weighted by molar-refractivity contribution is 0.306. The van der Waals surface area contributed by atoms with Gasteiger partial charge >= 0.3 is 0 Å². The number of hydrogen-bond acceptors (Lipinski definition) is 7. The van der Waals surface area contributed by atoms with Gasteiger partial charge in [-0.05, 0) is 84.3 Å². The fraction of sp³-hybridized carbons (Fsp3) is 0.241. The molecule has 0 unspecified atom stereocenters. The second-order valence-corrected chi connectivity index (χ2v) is 10.2. The van der Waals surface area contributed by atoms with E-state index in [9.17, 15) is 0 Å². The Morgan fingerprint density at radius 1 is 1.00 bits per heavy atom. The van der Waals surface area contributed by atoms with Crippen LogP contribution in [-0.4, -0.2) is 13.3 Å². The molecule has 1 aromatic heterocycles. The Morgan fingerprint density at radius 3 is 2.46 bits per heavy atom. The zero-order valence-electron chi connectivity index (χ0n) is 20.9. The van der Waals surface area contributed by atoms with E-state index in [4.69, 9.17) is 21.1 Å². The first-order valence-corrected chi connectivity index (χ1v) is 13.3. The highest BCUT2D eigenvalue weighted by atomic mass is 35.5. The molecule has 8 heteroatoms. The first-order chi connectivity index (χ1) is 18.1. The van der Waals surface area contributed by atoms with Crippen molar-refractivity contribution in [2.24, 2.45) is 0 Å². The van der Waals surface area contributed by atoms with E-state index in [2.05, 4.69) is 76.4 Å². The van der Waals surface area contributed by atoms with Crippen molar-refractivity contribution in [1.29, 1.82) is 0 Å². The van der Waals surface area contributed by atoms with Crippen molar-refractivity contribution in [1.82, 2.24) is 21.9 Å². The maximum Gasteiger partial charge on any atom is 0.119 e. The van der Waals surface area contributed by atoms with Crippen molar-refractivity contribution >= 4 is 33.0 Å².